The van der Waals surface area contributed by atoms with Crippen molar-refractivity contribution >= 4 is 43.6 Å². The molecule has 0 fully saturated rings. The molecule has 6 nitrogen and oxygen atoms in total. The van der Waals surface area contributed by atoms with Gasteiger partial charge >= 0.3 is 0 Å². The molecular formula is C52H31N5O. The molecule has 2 aliphatic rings. The molecule has 1 spiro atoms. The van der Waals surface area contributed by atoms with Gasteiger partial charge in [0.1, 0.15) is 17.3 Å². The number of ether oxygens (including phenoxy) is 1. The van der Waals surface area contributed by atoms with E-state index in [-0.39, 0.29) is 0 Å². The standard InChI is InChI=1S/C52H31N5O/c1-6-20-41-33(13-1)34-14-2-7-21-42(34)56(41)45-26-28-48(57-43-22-8-3-15-35(43)36-16-4-9-23-44(36)57)55-49(45)32-25-27-47-40(31-32)52(37-17-5-10-24-46(37)58-47)38-18-11-29-53-50(38)51-39(52)19-12-30-54-51/h1-31H. The third-order valence-corrected chi connectivity index (χ3v) is 12.3. The molecule has 0 bridgehead atoms. The minimum absolute atomic E-state index is 0.717. The summed E-state index contributed by atoms with van der Waals surface area (Å²) >= 11 is 0. The van der Waals surface area contributed by atoms with Crippen molar-refractivity contribution in [2.45, 2.75) is 5.41 Å². The first-order valence-electron chi connectivity index (χ1n) is 19.6. The fraction of sp³-hybridized carbons (Fsp3) is 0.0192. The molecule has 0 saturated carbocycles. The van der Waals surface area contributed by atoms with Gasteiger partial charge in [0.15, 0.2) is 0 Å². The predicted octanol–water partition coefficient (Wildman–Crippen LogP) is 12.2. The average molecular weight is 742 g/mol. The number of nitrogens with zero attached hydrogens (tertiary/aromatic N) is 5. The van der Waals surface area contributed by atoms with E-state index in [2.05, 4.69) is 167 Å². The summed E-state index contributed by atoms with van der Waals surface area (Å²) in [7, 11) is 0. The average Bonchev–Trinajstić information content (AvgIpc) is 3.91. The molecule has 11 aromatic rings. The van der Waals surface area contributed by atoms with E-state index in [0.717, 1.165) is 90.0 Å². The highest BCUT2D eigenvalue weighted by molar-refractivity contribution is 6.10. The van der Waals surface area contributed by atoms with E-state index in [9.17, 15) is 0 Å². The fourth-order valence-electron chi connectivity index (χ4n) is 10.0. The summed E-state index contributed by atoms with van der Waals surface area (Å²) in [5, 5.41) is 4.79. The van der Waals surface area contributed by atoms with Gasteiger partial charge in [-0.05, 0) is 83.9 Å². The Kier molecular flexibility index (Phi) is 6.28. The molecule has 6 heteroatoms. The molecule has 0 unspecified atom stereocenters. The van der Waals surface area contributed by atoms with Crippen LogP contribution in [-0.4, -0.2) is 24.1 Å². The van der Waals surface area contributed by atoms with Crippen molar-refractivity contribution in [2.24, 2.45) is 0 Å². The summed E-state index contributed by atoms with van der Waals surface area (Å²) in [4.78, 5) is 15.6. The van der Waals surface area contributed by atoms with Crippen molar-refractivity contribution in [1.82, 2.24) is 24.1 Å². The lowest BCUT2D eigenvalue weighted by Crippen LogP contribution is -2.32. The molecule has 0 atom stereocenters. The van der Waals surface area contributed by atoms with E-state index in [4.69, 9.17) is 19.7 Å². The normalized spacial score (nSPS) is 13.4. The van der Waals surface area contributed by atoms with E-state index in [1.165, 1.54) is 21.5 Å². The van der Waals surface area contributed by atoms with E-state index in [1.54, 1.807) is 0 Å². The Bertz CT molecular complexity index is 3370. The zero-order valence-electron chi connectivity index (χ0n) is 31.0. The first-order valence-corrected chi connectivity index (χ1v) is 19.6. The van der Waals surface area contributed by atoms with Gasteiger partial charge in [-0.2, -0.15) is 0 Å². The maximum absolute atomic E-state index is 6.81. The van der Waals surface area contributed by atoms with Crippen LogP contribution in [0, 0.1) is 0 Å². The molecule has 1 aliphatic carbocycles. The second-order valence-electron chi connectivity index (χ2n) is 15.1. The maximum Gasteiger partial charge on any atom is 0.138 e. The molecule has 13 rings (SSSR count). The van der Waals surface area contributed by atoms with Crippen molar-refractivity contribution in [2.75, 3.05) is 0 Å². The van der Waals surface area contributed by atoms with Gasteiger partial charge in [-0.25, -0.2) is 4.98 Å². The maximum atomic E-state index is 6.81. The summed E-state index contributed by atoms with van der Waals surface area (Å²) in [5.41, 5.74) is 12.6. The number of rotatable bonds is 3. The quantitative estimate of drug-likeness (QED) is 0.181. The summed E-state index contributed by atoms with van der Waals surface area (Å²) in [6.45, 7) is 0. The van der Waals surface area contributed by atoms with Crippen molar-refractivity contribution in [1.29, 1.82) is 0 Å². The SMILES string of the molecule is c1ccc2c(c1)Oc1ccc(-c3nc(-n4c5ccccc5c5ccccc54)ccc3-n3c4ccccc4c4ccccc43)cc1C21c2cccnc2-c2ncccc21. The molecule has 0 amide bonds. The highest BCUT2D eigenvalue weighted by Gasteiger charge is 2.52. The van der Waals surface area contributed by atoms with E-state index in [1.807, 2.05) is 30.6 Å². The minimum Gasteiger partial charge on any atom is -0.457 e. The van der Waals surface area contributed by atoms with Crippen LogP contribution < -0.4 is 4.74 Å². The van der Waals surface area contributed by atoms with Crippen LogP contribution in [0.1, 0.15) is 22.3 Å². The third kappa shape index (κ3) is 4.03. The van der Waals surface area contributed by atoms with Gasteiger partial charge in [0.05, 0.1) is 50.3 Å². The van der Waals surface area contributed by atoms with Crippen LogP contribution >= 0.6 is 0 Å². The summed E-state index contributed by atoms with van der Waals surface area (Å²) in [6, 6.07) is 62.4. The molecule has 6 heterocycles. The Morgan fingerprint density at radius 2 is 0.897 bits per heavy atom. The van der Waals surface area contributed by atoms with Gasteiger partial charge in [-0.1, -0.05) is 103 Å². The van der Waals surface area contributed by atoms with Gasteiger partial charge in [0.25, 0.3) is 0 Å². The molecule has 0 saturated heterocycles. The van der Waals surface area contributed by atoms with E-state index < -0.39 is 5.41 Å². The molecule has 6 aromatic carbocycles. The highest BCUT2D eigenvalue weighted by atomic mass is 16.5. The second-order valence-corrected chi connectivity index (χ2v) is 15.1. The van der Waals surface area contributed by atoms with Gasteiger partial charge in [-0.15, -0.1) is 0 Å². The molecule has 0 N–H and O–H groups in total. The number of benzene rings is 6. The first kappa shape index (κ1) is 31.4. The zero-order chi connectivity index (χ0) is 38.0. The lowest BCUT2D eigenvalue weighted by atomic mass is 9.66. The van der Waals surface area contributed by atoms with Crippen LogP contribution in [-0.2, 0) is 5.41 Å². The summed E-state index contributed by atoms with van der Waals surface area (Å²) < 4.78 is 11.5. The van der Waals surface area contributed by atoms with Gasteiger partial charge < -0.3 is 9.30 Å². The van der Waals surface area contributed by atoms with Gasteiger partial charge in [-0.3, -0.25) is 14.5 Å². The second kappa shape index (κ2) is 11.6. The van der Waals surface area contributed by atoms with Gasteiger partial charge in [0.2, 0.25) is 0 Å². The summed E-state index contributed by atoms with van der Waals surface area (Å²) in [5.74, 6) is 2.47. The van der Waals surface area contributed by atoms with E-state index in [0.29, 0.717) is 0 Å². The monoisotopic (exact) mass is 741 g/mol. The largest absolute Gasteiger partial charge is 0.457 e. The molecular weight excluding hydrogens is 711 g/mol. The van der Waals surface area contributed by atoms with Crippen LogP contribution in [0.15, 0.2) is 188 Å². The number of hydrogen-bond donors (Lipinski definition) is 0. The summed E-state index contributed by atoms with van der Waals surface area (Å²) in [6.07, 6.45) is 3.72. The van der Waals surface area contributed by atoms with Crippen LogP contribution in [0.5, 0.6) is 11.5 Å². The predicted molar refractivity (Wildman–Crippen MR) is 231 cm³/mol. The molecule has 270 valence electrons. The molecule has 0 radical (unpaired) electrons. The van der Waals surface area contributed by atoms with Crippen LogP contribution in [0.4, 0.5) is 0 Å². The first-order chi connectivity index (χ1) is 28.8. The number of pyridine rings is 3. The number of hydrogen-bond acceptors (Lipinski definition) is 4. The molecule has 58 heavy (non-hydrogen) atoms. The smallest absolute Gasteiger partial charge is 0.138 e. The Balaban J connectivity index is 1.14. The number of aromatic nitrogens is 5. The van der Waals surface area contributed by atoms with Crippen molar-refractivity contribution in [3.63, 3.8) is 0 Å². The topological polar surface area (TPSA) is 57.8 Å². The Morgan fingerprint density at radius 1 is 0.397 bits per heavy atom. The third-order valence-electron chi connectivity index (χ3n) is 12.3. The Morgan fingerprint density at radius 3 is 1.50 bits per heavy atom. The van der Waals surface area contributed by atoms with Crippen molar-refractivity contribution in [3.8, 4) is 45.6 Å². The highest BCUT2D eigenvalue weighted by Crippen LogP contribution is 2.61. The minimum atomic E-state index is -0.717. The van der Waals surface area contributed by atoms with E-state index >= 15 is 0 Å². The molecule has 5 aromatic heterocycles. The Labute approximate surface area is 332 Å². The van der Waals surface area contributed by atoms with Crippen molar-refractivity contribution in [3.05, 3.63) is 211 Å². The number of para-hydroxylation sites is 5. The number of fused-ring (bicyclic) bond motifs is 15. The van der Waals surface area contributed by atoms with Crippen LogP contribution in [0.25, 0.3) is 77.8 Å². The zero-order valence-corrected chi connectivity index (χ0v) is 31.0. The van der Waals surface area contributed by atoms with Gasteiger partial charge in [0, 0.05) is 50.6 Å². The molecule has 1 aliphatic heterocycles. The fourth-order valence-corrected chi connectivity index (χ4v) is 10.0. The van der Waals surface area contributed by atoms with Crippen LogP contribution in [0.3, 0.4) is 0 Å². The lowest BCUT2D eigenvalue weighted by Gasteiger charge is -2.39. The Hall–Kier alpha value is -7.83. The van der Waals surface area contributed by atoms with Crippen molar-refractivity contribution < 1.29 is 4.74 Å². The van der Waals surface area contributed by atoms with Crippen LogP contribution in [0.2, 0.25) is 0 Å². The lowest BCUT2D eigenvalue weighted by molar-refractivity contribution is 0.436.